The van der Waals surface area contributed by atoms with Crippen LogP contribution < -0.4 is 5.19 Å². The number of furan rings is 1. The zero-order chi connectivity index (χ0) is 47.2. The van der Waals surface area contributed by atoms with Crippen LogP contribution in [0.2, 0.25) is 19.6 Å². The van der Waals surface area contributed by atoms with Crippen LogP contribution in [0.3, 0.4) is 0 Å². The molecule has 1 radical (unpaired) electrons. The molecule has 5 nitrogen and oxygen atoms in total. The van der Waals surface area contributed by atoms with E-state index in [1.807, 2.05) is 24.3 Å². The number of imidazole rings is 1. The van der Waals surface area contributed by atoms with Crippen molar-refractivity contribution < 1.29 is 24.5 Å². The van der Waals surface area contributed by atoms with Crippen LogP contribution in [0, 0.1) is 38.8 Å². The number of hydrogen-bond donors (Lipinski definition) is 0. The summed E-state index contributed by atoms with van der Waals surface area (Å²) in [5.41, 5.74) is 17.9. The molecular weight excluding hydrogens is 1030 g/mol. The summed E-state index contributed by atoms with van der Waals surface area (Å²) in [6.07, 6.45) is 3.24. The summed E-state index contributed by atoms with van der Waals surface area (Å²) in [5, 5.41) is 3.53. The SMILES string of the molecule is CC(C)Cc1cc(-c2[c-]cccc2)ncc1[Si](C)(C)C.Cc1cccc(C)c1-c1ccc2c(n1)oc1c(-c3nc4ccccc4n3-c3ccc(-c4ccccc4)cc3C(C)(C)C)[c-]cc(C)c12.[Ir]. The van der Waals surface area contributed by atoms with Gasteiger partial charge in [-0.05, 0) is 107 Å². The Kier molecular flexibility index (Phi) is 13.8. The molecule has 0 spiro atoms. The smallest absolute Gasteiger partial charge is 0.216 e. The van der Waals surface area contributed by atoms with Crippen LogP contribution in [0.1, 0.15) is 62.4 Å². The van der Waals surface area contributed by atoms with Gasteiger partial charge in [-0.2, -0.15) is 0 Å². The first-order valence-corrected chi connectivity index (χ1v) is 27.0. The number of rotatable bonds is 8. The molecule has 0 atom stereocenters. The van der Waals surface area contributed by atoms with E-state index in [0.29, 0.717) is 11.6 Å². The average Bonchev–Trinajstić information content (AvgIpc) is 3.88. The van der Waals surface area contributed by atoms with Crippen LogP contribution in [0.4, 0.5) is 0 Å². The molecule has 0 unspecified atom stereocenters. The second-order valence-electron chi connectivity index (χ2n) is 20.4. The van der Waals surface area contributed by atoms with Gasteiger partial charge < -0.3 is 14.0 Å². The molecule has 0 saturated carbocycles. The summed E-state index contributed by atoms with van der Waals surface area (Å²) in [7, 11) is -1.34. The van der Waals surface area contributed by atoms with Crippen LogP contribution in [0.25, 0.3) is 83.8 Å². The van der Waals surface area contributed by atoms with Crippen LogP contribution in [0.5, 0.6) is 0 Å². The predicted molar refractivity (Wildman–Crippen MR) is 284 cm³/mol. The molecule has 0 N–H and O–H groups in total. The van der Waals surface area contributed by atoms with E-state index in [0.717, 1.165) is 79.0 Å². The van der Waals surface area contributed by atoms with E-state index >= 15 is 0 Å². The zero-order valence-corrected chi connectivity index (χ0v) is 44.6. The van der Waals surface area contributed by atoms with Crippen molar-refractivity contribution in [3.63, 3.8) is 0 Å². The first-order chi connectivity index (χ1) is 32.1. The van der Waals surface area contributed by atoms with Gasteiger partial charge >= 0.3 is 0 Å². The Hall–Kier alpha value is -6.24. The van der Waals surface area contributed by atoms with Crippen LogP contribution in [0.15, 0.2) is 150 Å². The van der Waals surface area contributed by atoms with E-state index in [9.17, 15) is 0 Å². The third kappa shape index (κ3) is 9.58. The van der Waals surface area contributed by atoms with Crippen molar-refractivity contribution in [3.8, 4) is 50.7 Å². The van der Waals surface area contributed by atoms with Gasteiger partial charge in [0.2, 0.25) is 5.71 Å². The van der Waals surface area contributed by atoms with Gasteiger partial charge in [0.05, 0.1) is 36.2 Å². The molecule has 7 heteroatoms. The maximum Gasteiger partial charge on any atom is 0.216 e. The minimum absolute atomic E-state index is 0. The molecule has 0 aliphatic heterocycles. The summed E-state index contributed by atoms with van der Waals surface area (Å²) in [4.78, 5) is 15.0. The quantitative estimate of drug-likeness (QED) is 0.112. The fourth-order valence-electron chi connectivity index (χ4n) is 9.45. The van der Waals surface area contributed by atoms with Gasteiger partial charge in [0.15, 0.2) is 0 Å². The van der Waals surface area contributed by atoms with Crippen molar-refractivity contribution in [1.82, 2.24) is 19.5 Å². The number of aromatic nitrogens is 4. The van der Waals surface area contributed by atoms with E-state index < -0.39 is 8.07 Å². The summed E-state index contributed by atoms with van der Waals surface area (Å²) < 4.78 is 9.01. The maximum absolute atomic E-state index is 6.73. The third-order valence-electron chi connectivity index (χ3n) is 12.7. The molecule has 10 aromatic rings. The van der Waals surface area contributed by atoms with Gasteiger partial charge in [-0.25, -0.2) is 4.98 Å². The Morgan fingerprint density at radius 2 is 1.43 bits per heavy atom. The Labute approximate surface area is 417 Å². The van der Waals surface area contributed by atoms with Gasteiger partial charge in [0.1, 0.15) is 0 Å². The van der Waals surface area contributed by atoms with Gasteiger partial charge in [-0.1, -0.05) is 150 Å². The fourth-order valence-corrected chi connectivity index (χ4v) is 11.0. The molecule has 0 fully saturated rings. The summed E-state index contributed by atoms with van der Waals surface area (Å²) in [6, 6.07) is 55.6. The second-order valence-corrected chi connectivity index (χ2v) is 25.5. The van der Waals surface area contributed by atoms with Crippen LogP contribution in [-0.4, -0.2) is 27.6 Å². The largest absolute Gasteiger partial charge is 0.486 e. The minimum Gasteiger partial charge on any atom is -0.486 e. The molecule has 6 aromatic carbocycles. The maximum atomic E-state index is 6.73. The first-order valence-electron chi connectivity index (χ1n) is 23.5. The molecular formula is C61H60IrN4OSi-2. The molecule has 0 saturated heterocycles. The average molecular weight is 1090 g/mol. The number of para-hydroxylation sites is 2. The van der Waals surface area contributed by atoms with E-state index in [1.165, 1.54) is 38.6 Å². The number of nitrogens with zero attached hydrogens (tertiary/aromatic N) is 4. The van der Waals surface area contributed by atoms with Gasteiger partial charge in [-0.15, -0.1) is 53.6 Å². The Balaban J connectivity index is 0.000000251. The molecule has 0 aliphatic carbocycles. The van der Waals surface area contributed by atoms with Gasteiger partial charge in [0.25, 0.3) is 0 Å². The first kappa shape index (κ1) is 48.2. The monoisotopic (exact) mass is 1090 g/mol. The molecule has 4 aromatic heterocycles. The topological polar surface area (TPSA) is 56.7 Å². The number of fused-ring (bicyclic) bond motifs is 4. The zero-order valence-electron chi connectivity index (χ0n) is 41.2. The van der Waals surface area contributed by atoms with Gasteiger partial charge in [0, 0.05) is 42.9 Å². The Morgan fingerprint density at radius 3 is 2.12 bits per heavy atom. The van der Waals surface area contributed by atoms with Crippen molar-refractivity contribution in [2.75, 3.05) is 0 Å². The summed E-state index contributed by atoms with van der Waals surface area (Å²) in [6.45, 7) is 24.9. The van der Waals surface area contributed by atoms with Gasteiger partial charge in [-0.3, -0.25) is 4.98 Å². The normalized spacial score (nSPS) is 11.8. The number of pyridine rings is 2. The Morgan fingerprint density at radius 1 is 0.706 bits per heavy atom. The van der Waals surface area contributed by atoms with E-state index in [2.05, 4.69) is 218 Å². The van der Waals surface area contributed by atoms with Crippen LogP contribution >= 0.6 is 0 Å². The molecule has 10 rings (SSSR count). The third-order valence-corrected chi connectivity index (χ3v) is 14.8. The fraction of sp³-hybridized carbons (Fsp3) is 0.230. The molecule has 0 bridgehead atoms. The molecule has 68 heavy (non-hydrogen) atoms. The molecule has 345 valence electrons. The van der Waals surface area contributed by atoms with E-state index in [4.69, 9.17) is 14.4 Å². The number of hydrogen-bond acceptors (Lipinski definition) is 4. The van der Waals surface area contributed by atoms with Crippen LogP contribution in [-0.2, 0) is 31.9 Å². The minimum atomic E-state index is -1.34. The van der Waals surface area contributed by atoms with Crippen molar-refractivity contribution in [3.05, 3.63) is 186 Å². The predicted octanol–water partition coefficient (Wildman–Crippen LogP) is 15.6. The van der Waals surface area contributed by atoms with E-state index in [-0.39, 0.29) is 25.5 Å². The van der Waals surface area contributed by atoms with Crippen molar-refractivity contribution >= 4 is 46.4 Å². The molecule has 0 aliphatic rings. The van der Waals surface area contributed by atoms with Crippen molar-refractivity contribution in [1.29, 1.82) is 0 Å². The van der Waals surface area contributed by atoms with Crippen molar-refractivity contribution in [2.24, 2.45) is 5.92 Å². The molecule has 4 heterocycles. The van der Waals surface area contributed by atoms with E-state index in [1.54, 1.807) is 0 Å². The second kappa shape index (κ2) is 19.4. The van der Waals surface area contributed by atoms with Crippen molar-refractivity contribution in [2.45, 2.75) is 86.9 Å². The standard InChI is InChI=1S/C43H36N3O.C18H24NSi.Ir/c1-26-13-12-14-27(2)38(26)35-23-22-31-39-28(3)19-21-32(40(39)47-42(31)45-35)41-44-34-17-10-11-18-37(34)46(41)36-24-20-30(25-33(36)43(4,5)6)29-15-8-7-9-16-29;1-14(2)11-16-12-17(15-9-7-6-8-10-15)19-13-18(16)20(3,4)5;/h7-20,22-25H,1-6H3;6-9,12-14H,11H2,1-5H3;/q2*-1;. The molecule has 0 amide bonds. The summed E-state index contributed by atoms with van der Waals surface area (Å²) >= 11 is 0. The summed E-state index contributed by atoms with van der Waals surface area (Å²) in [5.74, 6) is 1.46. The number of aryl methyl sites for hydroxylation is 3. The number of benzene rings is 6. The Bertz CT molecular complexity index is 3390.